The van der Waals surface area contributed by atoms with Gasteiger partial charge in [-0.15, -0.1) is 0 Å². The predicted molar refractivity (Wildman–Crippen MR) is 168 cm³/mol. The standard InChI is InChI=1S/C37H30N2O6/c1-4-45-36(44)29-19(2)26-27-30(34(42)38(32(27)40)24-17-9-13-20-11-5-7-15-22(20)24)37(29,3)31-28(26)33(41)39(35(31)43)25-18-10-14-21-12-6-8-16-23(21)25/h5-18,26-28,30-31H,4H2,1-3H3/t26?,27-,28-,30+,31+,37?/m1/s1. The summed E-state index contributed by atoms with van der Waals surface area (Å²) in [7, 11) is 0. The first kappa shape index (κ1) is 27.4. The minimum absolute atomic E-state index is 0.0998. The molecule has 4 amide bonds. The van der Waals surface area contributed by atoms with Gasteiger partial charge < -0.3 is 4.74 Å². The lowest BCUT2D eigenvalue weighted by Crippen LogP contribution is -2.61. The molecule has 0 N–H and O–H groups in total. The predicted octanol–water partition coefficient (Wildman–Crippen LogP) is 5.43. The highest BCUT2D eigenvalue weighted by molar-refractivity contribution is 6.30. The summed E-state index contributed by atoms with van der Waals surface area (Å²) >= 11 is 0. The Morgan fingerprint density at radius 1 is 0.667 bits per heavy atom. The van der Waals surface area contributed by atoms with Gasteiger partial charge >= 0.3 is 5.97 Å². The van der Waals surface area contributed by atoms with Gasteiger partial charge in [0.25, 0.3) is 0 Å². The molecule has 224 valence electrons. The van der Waals surface area contributed by atoms with Gasteiger partial charge in [-0.3, -0.25) is 19.2 Å². The molecule has 3 fully saturated rings. The minimum atomic E-state index is -1.46. The number of anilines is 2. The molecule has 1 saturated carbocycles. The highest BCUT2D eigenvalue weighted by Crippen LogP contribution is 2.69. The summed E-state index contributed by atoms with van der Waals surface area (Å²) in [4.78, 5) is 74.5. The van der Waals surface area contributed by atoms with Gasteiger partial charge in [-0.05, 0) is 36.8 Å². The molecule has 2 saturated heterocycles. The molecule has 8 heteroatoms. The molecule has 4 atom stereocenters. The third-order valence-electron chi connectivity index (χ3n) is 10.7. The number of ether oxygens (including phenoxy) is 1. The maximum Gasteiger partial charge on any atom is 0.334 e. The Morgan fingerprint density at radius 3 is 1.58 bits per heavy atom. The summed E-state index contributed by atoms with van der Waals surface area (Å²) in [6.45, 7) is 5.26. The summed E-state index contributed by atoms with van der Waals surface area (Å²) < 4.78 is 5.51. The number of hydrogen-bond donors (Lipinski definition) is 0. The second-order valence-corrected chi connectivity index (χ2v) is 12.6. The van der Waals surface area contributed by atoms with Gasteiger partial charge in [-0.2, -0.15) is 0 Å². The van der Waals surface area contributed by atoms with Crippen LogP contribution in [0.15, 0.2) is 96.1 Å². The van der Waals surface area contributed by atoms with E-state index in [1.165, 1.54) is 9.80 Å². The monoisotopic (exact) mass is 598 g/mol. The Bertz CT molecular complexity index is 1930. The van der Waals surface area contributed by atoms with E-state index < -0.39 is 64.6 Å². The largest absolute Gasteiger partial charge is 0.463 e. The van der Waals surface area contributed by atoms with Gasteiger partial charge in [0.2, 0.25) is 23.6 Å². The van der Waals surface area contributed by atoms with E-state index in [4.69, 9.17) is 4.74 Å². The Hall–Kier alpha value is -5.11. The van der Waals surface area contributed by atoms with Crippen molar-refractivity contribution in [3.63, 3.8) is 0 Å². The van der Waals surface area contributed by atoms with Crippen LogP contribution in [-0.4, -0.2) is 36.2 Å². The molecule has 9 rings (SSSR count). The Morgan fingerprint density at radius 2 is 1.11 bits per heavy atom. The third-order valence-corrected chi connectivity index (χ3v) is 10.7. The fraction of sp³-hybridized carbons (Fsp3) is 0.270. The van der Waals surface area contributed by atoms with Crippen LogP contribution in [0.5, 0.6) is 0 Å². The highest BCUT2D eigenvalue weighted by Gasteiger charge is 2.77. The molecule has 8 nitrogen and oxygen atoms in total. The number of rotatable bonds is 4. The lowest BCUT2D eigenvalue weighted by Gasteiger charge is -2.55. The number of esters is 1. The van der Waals surface area contributed by atoms with Crippen LogP contribution in [0, 0.1) is 35.0 Å². The van der Waals surface area contributed by atoms with Gasteiger partial charge in [0.05, 0.1) is 41.7 Å². The Balaban J connectivity index is 1.33. The average molecular weight is 599 g/mol. The first-order valence-electron chi connectivity index (χ1n) is 15.3. The SMILES string of the molecule is CCOC(=O)C1=C(C)C2[C@H]3C(=O)N(c4cccc5ccccc45)C(=O)[C@H]3C1(C)[C@@H]1C(=O)N(c3cccc4ccccc34)C(=O)[C@H]21. The molecule has 0 spiro atoms. The summed E-state index contributed by atoms with van der Waals surface area (Å²) in [6.07, 6.45) is 0. The summed E-state index contributed by atoms with van der Waals surface area (Å²) in [5.74, 6) is -7.08. The molecule has 2 heterocycles. The van der Waals surface area contributed by atoms with Gasteiger partial charge in [0.15, 0.2) is 0 Å². The summed E-state index contributed by atoms with van der Waals surface area (Å²) in [6, 6.07) is 25.9. The number of allylic oxidation sites excluding steroid dienone is 1. The summed E-state index contributed by atoms with van der Waals surface area (Å²) in [5.41, 5.74) is 0.226. The molecule has 0 unspecified atom stereocenters. The number of nitrogens with zero attached hydrogens (tertiary/aromatic N) is 2. The fourth-order valence-electron chi connectivity index (χ4n) is 9.09. The van der Waals surface area contributed by atoms with Crippen LogP contribution in [0.3, 0.4) is 0 Å². The number of carbonyl (C=O) groups is 5. The van der Waals surface area contributed by atoms with Crippen molar-refractivity contribution in [2.45, 2.75) is 20.8 Å². The molecule has 5 aliphatic rings. The van der Waals surface area contributed by atoms with Crippen LogP contribution in [0.1, 0.15) is 20.8 Å². The van der Waals surface area contributed by atoms with Crippen molar-refractivity contribution in [2.24, 2.45) is 35.0 Å². The van der Waals surface area contributed by atoms with E-state index in [2.05, 4.69) is 0 Å². The van der Waals surface area contributed by atoms with E-state index in [0.29, 0.717) is 16.9 Å². The van der Waals surface area contributed by atoms with E-state index in [-0.39, 0.29) is 12.2 Å². The zero-order valence-electron chi connectivity index (χ0n) is 25.0. The maximum atomic E-state index is 14.6. The van der Waals surface area contributed by atoms with Crippen LogP contribution >= 0.6 is 0 Å². The van der Waals surface area contributed by atoms with Crippen molar-refractivity contribution < 1.29 is 28.7 Å². The van der Waals surface area contributed by atoms with Crippen LogP contribution in [0.2, 0.25) is 0 Å². The average Bonchev–Trinajstić information content (AvgIpc) is 3.46. The Labute approximate surface area is 259 Å². The van der Waals surface area contributed by atoms with E-state index in [0.717, 1.165) is 21.5 Å². The summed E-state index contributed by atoms with van der Waals surface area (Å²) in [5, 5.41) is 3.22. The number of fused-ring (bicyclic) bond motifs is 2. The van der Waals surface area contributed by atoms with Crippen molar-refractivity contribution in [2.75, 3.05) is 16.4 Å². The van der Waals surface area contributed by atoms with Crippen molar-refractivity contribution >= 4 is 62.5 Å². The molecule has 4 aromatic rings. The van der Waals surface area contributed by atoms with Crippen LogP contribution in [-0.2, 0) is 28.7 Å². The first-order valence-corrected chi connectivity index (χ1v) is 15.3. The van der Waals surface area contributed by atoms with Crippen molar-refractivity contribution in [3.8, 4) is 0 Å². The quantitative estimate of drug-likeness (QED) is 0.229. The van der Waals surface area contributed by atoms with Crippen molar-refractivity contribution in [1.82, 2.24) is 0 Å². The third kappa shape index (κ3) is 3.34. The normalized spacial score (nSPS) is 28.8. The van der Waals surface area contributed by atoms with Crippen molar-refractivity contribution in [1.29, 1.82) is 0 Å². The number of hydrogen-bond acceptors (Lipinski definition) is 6. The van der Waals surface area contributed by atoms with Crippen molar-refractivity contribution in [3.05, 3.63) is 96.1 Å². The number of amides is 4. The Kier molecular flexibility index (Phi) is 5.76. The second kappa shape index (κ2) is 9.44. The molecule has 45 heavy (non-hydrogen) atoms. The molecular formula is C37H30N2O6. The zero-order chi connectivity index (χ0) is 31.4. The van der Waals surface area contributed by atoms with Crippen LogP contribution < -0.4 is 9.80 Å². The number of carbonyl (C=O) groups excluding carboxylic acids is 5. The fourth-order valence-corrected chi connectivity index (χ4v) is 9.09. The van der Waals surface area contributed by atoms with Gasteiger partial charge in [0, 0.05) is 27.7 Å². The lowest BCUT2D eigenvalue weighted by atomic mass is 9.43. The van der Waals surface area contributed by atoms with Crippen LogP contribution in [0.25, 0.3) is 21.5 Å². The second-order valence-electron chi connectivity index (χ2n) is 12.6. The number of benzene rings is 4. The lowest BCUT2D eigenvalue weighted by molar-refractivity contribution is -0.155. The van der Waals surface area contributed by atoms with Crippen LogP contribution in [0.4, 0.5) is 11.4 Å². The topological polar surface area (TPSA) is 101 Å². The van der Waals surface area contributed by atoms with E-state index in [9.17, 15) is 24.0 Å². The van der Waals surface area contributed by atoms with Gasteiger partial charge in [-0.1, -0.05) is 85.3 Å². The molecule has 0 aromatic heterocycles. The van der Waals surface area contributed by atoms with Gasteiger partial charge in [-0.25, -0.2) is 14.6 Å². The molecule has 3 aliphatic carbocycles. The molecular weight excluding hydrogens is 568 g/mol. The zero-order valence-corrected chi connectivity index (χ0v) is 25.0. The molecule has 2 bridgehead atoms. The minimum Gasteiger partial charge on any atom is -0.463 e. The smallest absolute Gasteiger partial charge is 0.334 e. The first-order chi connectivity index (χ1) is 21.7. The maximum absolute atomic E-state index is 14.6. The van der Waals surface area contributed by atoms with E-state index in [1.54, 1.807) is 45.0 Å². The molecule has 4 aromatic carbocycles. The van der Waals surface area contributed by atoms with E-state index >= 15 is 0 Å². The highest BCUT2D eigenvalue weighted by atomic mass is 16.5. The molecule has 2 aliphatic heterocycles. The molecule has 0 radical (unpaired) electrons. The van der Waals surface area contributed by atoms with Gasteiger partial charge in [0.1, 0.15) is 0 Å². The van der Waals surface area contributed by atoms with E-state index in [1.807, 2.05) is 60.7 Å². The number of imide groups is 2.